The standard InChI is InChI=1S/C27H31F3N6O/c1-14(31)23-21(32)12-20(27(28,29)30)26-24(23)18-7-6-17(37)11-19(18)25(35-26)16-5-8-22(34-13-16)15(2)33-9-10-36(3)4/h5,8,12-13,17,31,33,37H,2,6-7,9-11,32H2,1,3-4H3. The second-order valence-corrected chi connectivity index (χ2v) is 9.69. The van der Waals surface area contributed by atoms with Crippen LogP contribution in [0.2, 0.25) is 0 Å². The van der Waals surface area contributed by atoms with Crippen molar-refractivity contribution in [2.24, 2.45) is 0 Å². The lowest BCUT2D eigenvalue weighted by Gasteiger charge is -2.27. The van der Waals surface area contributed by atoms with E-state index in [0.717, 1.165) is 12.6 Å². The summed E-state index contributed by atoms with van der Waals surface area (Å²) in [7, 11) is 3.94. The molecule has 1 aliphatic rings. The first kappa shape index (κ1) is 26.6. The van der Waals surface area contributed by atoms with Gasteiger partial charge >= 0.3 is 6.18 Å². The van der Waals surface area contributed by atoms with Crippen LogP contribution in [0.1, 0.15) is 41.3 Å². The zero-order valence-electron chi connectivity index (χ0n) is 21.1. The Morgan fingerprint density at radius 3 is 2.62 bits per heavy atom. The summed E-state index contributed by atoms with van der Waals surface area (Å²) in [6.45, 7) is 7.02. The van der Waals surface area contributed by atoms with Gasteiger partial charge in [-0.25, -0.2) is 4.98 Å². The maximum atomic E-state index is 14.1. The number of aromatic nitrogens is 2. The van der Waals surface area contributed by atoms with Gasteiger partial charge in [0.05, 0.1) is 34.3 Å². The van der Waals surface area contributed by atoms with Crippen LogP contribution >= 0.6 is 0 Å². The summed E-state index contributed by atoms with van der Waals surface area (Å²) in [6, 6.07) is 4.36. The lowest BCUT2D eigenvalue weighted by atomic mass is 9.82. The Hall–Kier alpha value is -3.50. The molecule has 0 fully saturated rings. The molecule has 2 heterocycles. The van der Waals surface area contributed by atoms with E-state index in [1.807, 2.05) is 19.0 Å². The van der Waals surface area contributed by atoms with Gasteiger partial charge in [-0.2, -0.15) is 13.2 Å². The molecule has 1 aliphatic carbocycles. The Balaban J connectivity index is 1.90. The van der Waals surface area contributed by atoms with Gasteiger partial charge in [0.2, 0.25) is 0 Å². The summed E-state index contributed by atoms with van der Waals surface area (Å²) in [6.07, 6.45) is -2.79. The summed E-state index contributed by atoms with van der Waals surface area (Å²) in [5, 5.41) is 22.1. The molecule has 1 atom stereocenters. The first-order chi connectivity index (χ1) is 17.4. The Bertz CT molecular complexity index is 1370. The molecular weight excluding hydrogens is 481 g/mol. The Kier molecular flexibility index (Phi) is 7.25. The van der Waals surface area contributed by atoms with E-state index in [0.29, 0.717) is 53.2 Å². The van der Waals surface area contributed by atoms with Crippen LogP contribution in [0.15, 0.2) is 31.0 Å². The molecule has 2 aromatic heterocycles. The van der Waals surface area contributed by atoms with Gasteiger partial charge in [-0.1, -0.05) is 6.58 Å². The van der Waals surface area contributed by atoms with Gasteiger partial charge in [0.15, 0.2) is 0 Å². The van der Waals surface area contributed by atoms with Crippen molar-refractivity contribution in [2.45, 2.75) is 38.5 Å². The van der Waals surface area contributed by atoms with Gasteiger partial charge in [-0.15, -0.1) is 0 Å². The second-order valence-electron chi connectivity index (χ2n) is 9.69. The van der Waals surface area contributed by atoms with Crippen LogP contribution < -0.4 is 11.1 Å². The van der Waals surface area contributed by atoms with Crippen molar-refractivity contribution in [1.82, 2.24) is 20.2 Å². The second kappa shape index (κ2) is 10.1. The highest BCUT2D eigenvalue weighted by atomic mass is 19.4. The maximum Gasteiger partial charge on any atom is 0.418 e. The van der Waals surface area contributed by atoms with Crippen LogP contribution in [-0.4, -0.2) is 59.0 Å². The van der Waals surface area contributed by atoms with Crippen LogP contribution in [0.5, 0.6) is 0 Å². The first-order valence-electron chi connectivity index (χ1n) is 12.0. The maximum absolute atomic E-state index is 14.1. The third-order valence-electron chi connectivity index (χ3n) is 6.60. The van der Waals surface area contributed by atoms with E-state index < -0.39 is 17.8 Å². The zero-order valence-corrected chi connectivity index (χ0v) is 21.1. The minimum Gasteiger partial charge on any atom is -0.398 e. The van der Waals surface area contributed by atoms with Crippen molar-refractivity contribution in [3.63, 3.8) is 0 Å². The van der Waals surface area contributed by atoms with E-state index in [2.05, 4.69) is 21.9 Å². The van der Waals surface area contributed by atoms with E-state index >= 15 is 0 Å². The van der Waals surface area contributed by atoms with Crippen molar-refractivity contribution in [1.29, 1.82) is 5.41 Å². The number of anilines is 1. The molecule has 7 nitrogen and oxygen atoms in total. The number of likely N-dealkylation sites (N-methyl/N-ethyl adjacent to an activating group) is 1. The predicted octanol–water partition coefficient (Wildman–Crippen LogP) is 4.26. The van der Waals surface area contributed by atoms with E-state index in [9.17, 15) is 18.3 Å². The van der Waals surface area contributed by atoms with Gasteiger partial charge in [0.25, 0.3) is 0 Å². The summed E-state index contributed by atoms with van der Waals surface area (Å²) in [5.74, 6) is 0. The molecule has 0 spiro atoms. The predicted molar refractivity (Wildman–Crippen MR) is 141 cm³/mol. The number of aliphatic hydroxyl groups is 1. The third kappa shape index (κ3) is 5.30. The number of hydrogen-bond donors (Lipinski definition) is 4. The Morgan fingerprint density at radius 1 is 1.30 bits per heavy atom. The lowest BCUT2D eigenvalue weighted by Crippen LogP contribution is -2.25. The quantitative estimate of drug-likeness (QED) is 0.278. The summed E-state index contributed by atoms with van der Waals surface area (Å²) < 4.78 is 42.4. The molecule has 1 unspecified atom stereocenters. The van der Waals surface area contributed by atoms with Crippen LogP contribution in [0, 0.1) is 5.41 Å². The number of benzene rings is 1. The molecule has 0 saturated carbocycles. The fourth-order valence-corrected chi connectivity index (χ4v) is 4.81. The fourth-order valence-electron chi connectivity index (χ4n) is 4.81. The van der Waals surface area contributed by atoms with E-state index in [1.54, 1.807) is 18.3 Å². The van der Waals surface area contributed by atoms with E-state index in [4.69, 9.17) is 11.1 Å². The third-order valence-corrected chi connectivity index (χ3v) is 6.60. The zero-order chi connectivity index (χ0) is 27.1. The minimum atomic E-state index is -4.69. The molecule has 37 heavy (non-hydrogen) atoms. The highest BCUT2D eigenvalue weighted by molar-refractivity contribution is 6.14. The number of aliphatic hydroxyl groups excluding tert-OH is 1. The van der Waals surface area contributed by atoms with Crippen molar-refractivity contribution in [2.75, 3.05) is 32.9 Å². The molecule has 5 N–H and O–H groups in total. The number of nitrogens with one attached hydrogen (secondary N) is 2. The highest BCUT2D eigenvalue weighted by Crippen LogP contribution is 2.43. The number of pyridine rings is 2. The topological polar surface area (TPSA) is 111 Å². The molecule has 1 aromatic carbocycles. The number of fused-ring (bicyclic) bond motifs is 3. The van der Waals surface area contributed by atoms with Crippen molar-refractivity contribution in [3.05, 3.63) is 58.9 Å². The summed E-state index contributed by atoms with van der Waals surface area (Å²) in [4.78, 5) is 11.0. The monoisotopic (exact) mass is 512 g/mol. The van der Waals surface area contributed by atoms with Crippen LogP contribution in [-0.2, 0) is 19.0 Å². The molecule has 3 aromatic rings. The number of hydrogen-bond acceptors (Lipinski definition) is 7. The Morgan fingerprint density at radius 2 is 2.03 bits per heavy atom. The molecule has 0 amide bonds. The largest absolute Gasteiger partial charge is 0.418 e. The molecule has 0 aliphatic heterocycles. The van der Waals surface area contributed by atoms with Crippen LogP contribution in [0.25, 0.3) is 27.9 Å². The van der Waals surface area contributed by atoms with Gasteiger partial charge in [-0.05, 0) is 63.2 Å². The van der Waals surface area contributed by atoms with Gasteiger partial charge < -0.3 is 26.5 Å². The van der Waals surface area contributed by atoms with Crippen LogP contribution in [0.3, 0.4) is 0 Å². The number of halogens is 3. The number of nitrogens with two attached hydrogens (primary N) is 1. The van der Waals surface area contributed by atoms with Crippen molar-refractivity contribution in [3.8, 4) is 11.3 Å². The minimum absolute atomic E-state index is 0.0606. The van der Waals surface area contributed by atoms with Crippen molar-refractivity contribution < 1.29 is 18.3 Å². The SMILES string of the molecule is C=C(NCCN(C)C)c1ccc(-c2nc3c(C(F)(F)F)cc(N)c(C(C)=N)c3c3c2CC(O)CC3)cn1. The molecule has 196 valence electrons. The molecule has 0 saturated heterocycles. The van der Waals surface area contributed by atoms with Crippen molar-refractivity contribution >= 4 is 28.0 Å². The molecule has 4 rings (SSSR count). The lowest BCUT2D eigenvalue weighted by molar-refractivity contribution is -0.136. The van der Waals surface area contributed by atoms with Gasteiger partial charge in [-0.3, -0.25) is 4.98 Å². The number of alkyl halides is 3. The Labute approximate surface area is 213 Å². The average molecular weight is 513 g/mol. The molecule has 0 bridgehead atoms. The number of nitrogen functional groups attached to an aromatic ring is 1. The smallest absolute Gasteiger partial charge is 0.398 e. The molecule has 0 radical (unpaired) electrons. The fraction of sp³-hybridized carbons (Fsp3) is 0.370. The number of aryl methyl sites for hydroxylation is 1. The number of rotatable bonds is 7. The highest BCUT2D eigenvalue weighted by Gasteiger charge is 2.37. The van der Waals surface area contributed by atoms with Gasteiger partial charge in [0, 0.05) is 53.6 Å². The summed E-state index contributed by atoms with van der Waals surface area (Å²) >= 11 is 0. The van der Waals surface area contributed by atoms with Crippen LogP contribution in [0.4, 0.5) is 18.9 Å². The first-order valence-corrected chi connectivity index (χ1v) is 12.0. The normalized spacial score (nSPS) is 15.6. The van der Waals surface area contributed by atoms with E-state index in [1.165, 1.54) is 6.92 Å². The van der Waals surface area contributed by atoms with Gasteiger partial charge in [0.1, 0.15) is 0 Å². The number of nitrogens with zero attached hydrogens (tertiary/aromatic N) is 3. The molecular formula is C27H31F3N6O. The van der Waals surface area contributed by atoms with E-state index in [-0.39, 0.29) is 34.3 Å². The summed E-state index contributed by atoms with van der Waals surface area (Å²) in [5.41, 5.74) is 8.50. The molecule has 10 heteroatoms. The average Bonchev–Trinajstić information content (AvgIpc) is 2.82.